The Balaban J connectivity index is 0.000000845. The van der Waals surface area contributed by atoms with Crippen molar-refractivity contribution in [2.75, 3.05) is 13.1 Å². The molecule has 1 N–H and O–H groups in total. The molecular formula is C9H10Cl2N2. The fourth-order valence-corrected chi connectivity index (χ4v) is 1.33. The average molecular weight is 217 g/mol. The summed E-state index contributed by atoms with van der Waals surface area (Å²) in [7, 11) is 0. The van der Waals surface area contributed by atoms with Gasteiger partial charge in [-0.15, -0.1) is 12.4 Å². The van der Waals surface area contributed by atoms with Crippen molar-refractivity contribution in [3.63, 3.8) is 0 Å². The number of aliphatic imine (C=N–C) groups is 1. The van der Waals surface area contributed by atoms with E-state index in [4.69, 9.17) is 11.6 Å². The van der Waals surface area contributed by atoms with Crippen molar-refractivity contribution in [2.24, 2.45) is 4.99 Å². The molecule has 0 atom stereocenters. The Bertz CT molecular complexity index is 306. The zero-order chi connectivity index (χ0) is 8.39. The highest BCUT2D eigenvalue weighted by molar-refractivity contribution is 6.30. The number of nitrogens with zero attached hydrogens (tertiary/aromatic N) is 1. The molecule has 1 aliphatic rings. The summed E-state index contributed by atoms with van der Waals surface area (Å²) >= 11 is 5.76. The lowest BCUT2D eigenvalue weighted by molar-refractivity contribution is 0.960. The Labute approximate surface area is 88.4 Å². The van der Waals surface area contributed by atoms with Crippen LogP contribution in [0, 0.1) is 0 Å². The van der Waals surface area contributed by atoms with E-state index in [-0.39, 0.29) is 12.4 Å². The van der Waals surface area contributed by atoms with Gasteiger partial charge in [-0.25, -0.2) is 0 Å². The molecule has 1 aliphatic heterocycles. The van der Waals surface area contributed by atoms with Crippen molar-refractivity contribution < 1.29 is 0 Å². The third-order valence-corrected chi connectivity index (χ3v) is 2.04. The lowest BCUT2D eigenvalue weighted by Gasteiger charge is -2.00. The second-order valence-electron chi connectivity index (χ2n) is 2.66. The molecule has 4 heteroatoms. The van der Waals surface area contributed by atoms with E-state index >= 15 is 0 Å². The monoisotopic (exact) mass is 216 g/mol. The highest BCUT2D eigenvalue weighted by atomic mass is 35.5. The van der Waals surface area contributed by atoms with Crippen LogP contribution in [0.25, 0.3) is 0 Å². The fourth-order valence-electron chi connectivity index (χ4n) is 1.20. The quantitative estimate of drug-likeness (QED) is 0.765. The molecular weight excluding hydrogens is 207 g/mol. The molecule has 0 bridgehead atoms. The fraction of sp³-hybridized carbons (Fsp3) is 0.222. The predicted octanol–water partition coefficient (Wildman–Crippen LogP) is 2.11. The Kier molecular flexibility index (Phi) is 3.58. The van der Waals surface area contributed by atoms with E-state index in [2.05, 4.69) is 10.3 Å². The Morgan fingerprint density at radius 1 is 1.23 bits per heavy atom. The van der Waals surface area contributed by atoms with E-state index in [9.17, 15) is 0 Å². The van der Waals surface area contributed by atoms with Crippen LogP contribution in [0.5, 0.6) is 0 Å². The number of halogens is 2. The number of nitrogens with one attached hydrogen (secondary N) is 1. The van der Waals surface area contributed by atoms with Gasteiger partial charge in [0.05, 0.1) is 6.54 Å². The molecule has 0 saturated carbocycles. The first-order valence-electron chi connectivity index (χ1n) is 3.90. The van der Waals surface area contributed by atoms with Crippen LogP contribution < -0.4 is 5.32 Å². The molecule has 1 aromatic carbocycles. The molecule has 2 nitrogen and oxygen atoms in total. The molecule has 1 heterocycles. The van der Waals surface area contributed by atoms with Gasteiger partial charge in [0.2, 0.25) is 0 Å². The summed E-state index contributed by atoms with van der Waals surface area (Å²) < 4.78 is 0. The standard InChI is InChI=1S/C9H9ClN2.ClH/c10-8-3-1-7(2-4-8)9-11-5-6-12-9;/h1-4H,5-6H2,(H,11,12);1H. The highest BCUT2D eigenvalue weighted by Crippen LogP contribution is 2.10. The van der Waals surface area contributed by atoms with Gasteiger partial charge in [0, 0.05) is 17.1 Å². The van der Waals surface area contributed by atoms with Crippen LogP contribution in [0.2, 0.25) is 5.02 Å². The first-order chi connectivity index (χ1) is 5.86. The minimum atomic E-state index is 0. The summed E-state index contributed by atoms with van der Waals surface area (Å²) in [6, 6.07) is 7.69. The Hall–Kier alpha value is -0.730. The Morgan fingerprint density at radius 3 is 2.46 bits per heavy atom. The van der Waals surface area contributed by atoms with Crippen molar-refractivity contribution >= 4 is 29.8 Å². The first kappa shape index (κ1) is 10.4. The van der Waals surface area contributed by atoms with Gasteiger partial charge >= 0.3 is 0 Å². The molecule has 0 saturated heterocycles. The van der Waals surface area contributed by atoms with Gasteiger partial charge in [-0.2, -0.15) is 0 Å². The van der Waals surface area contributed by atoms with Crippen molar-refractivity contribution in [1.82, 2.24) is 5.32 Å². The summed E-state index contributed by atoms with van der Waals surface area (Å²) in [4.78, 5) is 4.30. The summed E-state index contributed by atoms with van der Waals surface area (Å²) in [5, 5.41) is 3.96. The van der Waals surface area contributed by atoms with Gasteiger partial charge in [-0.05, 0) is 24.3 Å². The maximum absolute atomic E-state index is 5.76. The van der Waals surface area contributed by atoms with Gasteiger partial charge in [-0.3, -0.25) is 4.99 Å². The van der Waals surface area contributed by atoms with E-state index < -0.39 is 0 Å². The van der Waals surface area contributed by atoms with Gasteiger partial charge in [0.1, 0.15) is 5.84 Å². The molecule has 1 aromatic rings. The number of benzene rings is 1. The largest absolute Gasteiger partial charge is 0.368 e. The lowest BCUT2D eigenvalue weighted by atomic mass is 10.2. The maximum Gasteiger partial charge on any atom is 0.128 e. The van der Waals surface area contributed by atoms with Gasteiger partial charge in [0.25, 0.3) is 0 Å². The summed E-state index contributed by atoms with van der Waals surface area (Å²) in [6.07, 6.45) is 0. The lowest BCUT2D eigenvalue weighted by Crippen LogP contribution is -2.19. The van der Waals surface area contributed by atoms with Crippen LogP contribution in [-0.2, 0) is 0 Å². The van der Waals surface area contributed by atoms with E-state index in [0.29, 0.717) is 0 Å². The highest BCUT2D eigenvalue weighted by Gasteiger charge is 2.06. The van der Waals surface area contributed by atoms with Gasteiger partial charge in [-0.1, -0.05) is 11.6 Å². The SMILES string of the molecule is Cl.Clc1ccc(C2=NCCN2)cc1. The zero-order valence-corrected chi connectivity index (χ0v) is 8.53. The Morgan fingerprint density at radius 2 is 1.92 bits per heavy atom. The number of amidine groups is 1. The van der Waals surface area contributed by atoms with Crippen molar-refractivity contribution in [3.8, 4) is 0 Å². The van der Waals surface area contributed by atoms with Crippen LogP contribution in [0.3, 0.4) is 0 Å². The van der Waals surface area contributed by atoms with E-state index in [1.165, 1.54) is 0 Å². The minimum Gasteiger partial charge on any atom is -0.368 e. The molecule has 0 fully saturated rings. The summed E-state index contributed by atoms with van der Waals surface area (Å²) in [6.45, 7) is 1.82. The van der Waals surface area contributed by atoms with E-state index in [1.54, 1.807) is 0 Å². The normalized spacial score (nSPS) is 14.4. The van der Waals surface area contributed by atoms with Crippen LogP contribution in [0.1, 0.15) is 5.56 Å². The van der Waals surface area contributed by atoms with E-state index in [0.717, 1.165) is 29.5 Å². The summed E-state index contributed by atoms with van der Waals surface area (Å²) in [5.41, 5.74) is 1.11. The van der Waals surface area contributed by atoms with Gasteiger partial charge in [0.15, 0.2) is 0 Å². The molecule has 0 unspecified atom stereocenters. The number of hydrogen-bond donors (Lipinski definition) is 1. The average Bonchev–Trinajstić information content (AvgIpc) is 2.58. The van der Waals surface area contributed by atoms with Crippen LogP contribution in [-0.4, -0.2) is 18.9 Å². The first-order valence-corrected chi connectivity index (χ1v) is 4.28. The van der Waals surface area contributed by atoms with Gasteiger partial charge < -0.3 is 5.32 Å². The molecule has 0 aliphatic carbocycles. The predicted molar refractivity (Wildman–Crippen MR) is 58.1 cm³/mol. The van der Waals surface area contributed by atoms with E-state index in [1.807, 2.05) is 24.3 Å². The summed E-state index contributed by atoms with van der Waals surface area (Å²) in [5.74, 6) is 0.978. The molecule has 0 amide bonds. The topological polar surface area (TPSA) is 24.4 Å². The minimum absolute atomic E-state index is 0. The molecule has 0 radical (unpaired) electrons. The molecule has 13 heavy (non-hydrogen) atoms. The third-order valence-electron chi connectivity index (χ3n) is 1.79. The molecule has 0 spiro atoms. The van der Waals surface area contributed by atoms with Crippen molar-refractivity contribution in [1.29, 1.82) is 0 Å². The van der Waals surface area contributed by atoms with Crippen LogP contribution >= 0.6 is 24.0 Å². The number of hydrogen-bond acceptors (Lipinski definition) is 2. The number of rotatable bonds is 1. The molecule has 0 aromatic heterocycles. The second-order valence-corrected chi connectivity index (χ2v) is 3.10. The zero-order valence-electron chi connectivity index (χ0n) is 6.96. The van der Waals surface area contributed by atoms with Crippen molar-refractivity contribution in [2.45, 2.75) is 0 Å². The van der Waals surface area contributed by atoms with Crippen molar-refractivity contribution in [3.05, 3.63) is 34.9 Å². The van der Waals surface area contributed by atoms with Crippen LogP contribution in [0.4, 0.5) is 0 Å². The third kappa shape index (κ3) is 2.36. The maximum atomic E-state index is 5.76. The van der Waals surface area contributed by atoms with Crippen LogP contribution in [0.15, 0.2) is 29.3 Å². The molecule has 70 valence electrons. The second kappa shape index (κ2) is 4.49. The molecule has 2 rings (SSSR count). The smallest absolute Gasteiger partial charge is 0.128 e.